The molecule has 0 aliphatic rings. The lowest BCUT2D eigenvalue weighted by atomic mass is 9.89. The van der Waals surface area contributed by atoms with Gasteiger partial charge in [0, 0.05) is 0 Å². The summed E-state index contributed by atoms with van der Waals surface area (Å²) in [5.41, 5.74) is 0. The molecule has 0 bridgehead atoms. The van der Waals surface area contributed by atoms with Crippen LogP contribution in [0.2, 0.25) is 0 Å². The van der Waals surface area contributed by atoms with Crippen LogP contribution in [-0.4, -0.2) is 26.2 Å². The second kappa shape index (κ2) is 7.25. The minimum atomic E-state index is -0.197. The molecule has 0 spiro atoms. The molecule has 0 saturated heterocycles. The fraction of sp³-hybridized carbons (Fsp3) is 0.833. The van der Waals surface area contributed by atoms with Crippen LogP contribution in [0.5, 0.6) is 0 Å². The number of ether oxygens (including phenoxy) is 2. The summed E-state index contributed by atoms with van der Waals surface area (Å²) < 4.78 is 9.31. The number of hydrogen-bond acceptors (Lipinski definition) is 4. The molecule has 0 rings (SSSR count). The molecule has 0 aromatic heterocycles. The molecule has 0 aliphatic carbocycles. The normalized spacial score (nSPS) is 16.1. The fourth-order valence-corrected chi connectivity index (χ4v) is 1.90. The van der Waals surface area contributed by atoms with Gasteiger partial charge in [-0.05, 0) is 18.8 Å². The Morgan fingerprint density at radius 2 is 1.19 bits per heavy atom. The predicted octanol–water partition coefficient (Wildman–Crippen LogP) is 2.02. The van der Waals surface area contributed by atoms with Crippen LogP contribution in [0.4, 0.5) is 0 Å². The summed E-state index contributed by atoms with van der Waals surface area (Å²) in [5.74, 6) is -0.340. The van der Waals surface area contributed by atoms with E-state index in [1.165, 1.54) is 14.2 Å². The second-order valence-electron chi connectivity index (χ2n) is 4.42. The van der Waals surface area contributed by atoms with E-state index in [9.17, 15) is 9.59 Å². The van der Waals surface area contributed by atoms with Crippen molar-refractivity contribution in [3.05, 3.63) is 0 Å². The summed E-state index contributed by atoms with van der Waals surface area (Å²) in [6.07, 6.45) is 1.46. The van der Waals surface area contributed by atoms with Crippen molar-refractivity contribution in [1.82, 2.24) is 0 Å². The van der Waals surface area contributed by atoms with Gasteiger partial charge < -0.3 is 9.47 Å². The first kappa shape index (κ1) is 14.9. The fourth-order valence-electron chi connectivity index (χ4n) is 1.90. The Balaban J connectivity index is 4.03. The Labute approximate surface area is 97.3 Å². The molecule has 0 radical (unpaired) electrons. The zero-order chi connectivity index (χ0) is 12.7. The zero-order valence-corrected chi connectivity index (χ0v) is 10.8. The largest absolute Gasteiger partial charge is 0.469 e. The zero-order valence-electron chi connectivity index (χ0n) is 10.8. The first-order valence-electron chi connectivity index (χ1n) is 5.58. The summed E-state index contributed by atoms with van der Waals surface area (Å²) in [7, 11) is 2.78. The number of hydrogen-bond donors (Lipinski definition) is 0. The summed E-state index contributed by atoms with van der Waals surface area (Å²) >= 11 is 0. The van der Waals surface area contributed by atoms with Crippen molar-refractivity contribution in [1.29, 1.82) is 0 Å². The number of esters is 2. The van der Waals surface area contributed by atoms with E-state index in [4.69, 9.17) is 0 Å². The average Bonchev–Trinajstić information content (AvgIpc) is 2.26. The molecule has 0 aromatic carbocycles. The molecule has 0 amide bonds. The Morgan fingerprint density at radius 3 is 1.44 bits per heavy atom. The highest BCUT2D eigenvalue weighted by Crippen LogP contribution is 2.21. The van der Waals surface area contributed by atoms with Gasteiger partial charge in [0.1, 0.15) is 0 Å². The third-order valence-electron chi connectivity index (χ3n) is 2.72. The highest BCUT2D eigenvalue weighted by Gasteiger charge is 2.21. The first-order chi connectivity index (χ1) is 7.42. The maximum atomic E-state index is 11.2. The molecule has 2 unspecified atom stereocenters. The summed E-state index contributed by atoms with van der Waals surface area (Å²) in [5, 5.41) is 0. The number of carbonyl (C=O) groups excluding carboxylic acids is 2. The van der Waals surface area contributed by atoms with E-state index in [2.05, 4.69) is 9.47 Å². The van der Waals surface area contributed by atoms with Gasteiger partial charge in [-0.1, -0.05) is 20.8 Å². The second-order valence-corrected chi connectivity index (χ2v) is 4.42. The monoisotopic (exact) mass is 230 g/mol. The van der Waals surface area contributed by atoms with Crippen molar-refractivity contribution in [3.63, 3.8) is 0 Å². The van der Waals surface area contributed by atoms with Crippen LogP contribution < -0.4 is 0 Å². The third kappa shape index (κ3) is 5.14. The first-order valence-corrected chi connectivity index (χ1v) is 5.58. The lowest BCUT2D eigenvalue weighted by Gasteiger charge is -2.18. The molecule has 0 aromatic rings. The molecule has 0 N–H and O–H groups in total. The molecular formula is C12H22O4. The molecule has 4 nitrogen and oxygen atoms in total. The van der Waals surface area contributed by atoms with Gasteiger partial charge in [0.25, 0.3) is 0 Å². The molecule has 0 fully saturated rings. The molecule has 0 saturated carbocycles. The van der Waals surface area contributed by atoms with Crippen LogP contribution in [0.15, 0.2) is 0 Å². The molecule has 4 heteroatoms. The van der Waals surface area contributed by atoms with Crippen LogP contribution in [0.25, 0.3) is 0 Å². The third-order valence-corrected chi connectivity index (χ3v) is 2.72. The van der Waals surface area contributed by atoms with E-state index in [0.717, 1.165) is 12.8 Å². The highest BCUT2D eigenvalue weighted by molar-refractivity contribution is 5.72. The molecule has 0 aliphatic heterocycles. The van der Waals surface area contributed by atoms with Crippen molar-refractivity contribution in [2.24, 2.45) is 17.8 Å². The molecule has 16 heavy (non-hydrogen) atoms. The van der Waals surface area contributed by atoms with Crippen molar-refractivity contribution >= 4 is 11.9 Å². The van der Waals surface area contributed by atoms with Gasteiger partial charge >= 0.3 is 11.9 Å². The molecule has 0 heterocycles. The molecular weight excluding hydrogens is 208 g/mol. The van der Waals surface area contributed by atoms with E-state index in [-0.39, 0.29) is 23.8 Å². The maximum Gasteiger partial charge on any atom is 0.308 e. The molecule has 2 atom stereocenters. The van der Waals surface area contributed by atoms with E-state index >= 15 is 0 Å². The summed E-state index contributed by atoms with van der Waals surface area (Å²) in [6, 6.07) is 0. The topological polar surface area (TPSA) is 52.6 Å². The van der Waals surface area contributed by atoms with Crippen LogP contribution in [0.3, 0.4) is 0 Å². The lowest BCUT2D eigenvalue weighted by molar-refractivity contribution is -0.145. The van der Waals surface area contributed by atoms with Gasteiger partial charge in [0.2, 0.25) is 0 Å². The van der Waals surface area contributed by atoms with Gasteiger partial charge in [-0.3, -0.25) is 9.59 Å². The van der Waals surface area contributed by atoms with Gasteiger partial charge in [-0.25, -0.2) is 0 Å². The smallest absolute Gasteiger partial charge is 0.308 e. The van der Waals surface area contributed by atoms with E-state index in [1.807, 2.05) is 20.8 Å². The Bertz CT molecular complexity index is 213. The van der Waals surface area contributed by atoms with E-state index in [1.54, 1.807) is 0 Å². The predicted molar refractivity (Wildman–Crippen MR) is 60.8 cm³/mol. The number of rotatable bonds is 6. The number of methoxy groups -OCH3 is 2. The summed E-state index contributed by atoms with van der Waals surface area (Å²) in [4.78, 5) is 22.4. The lowest BCUT2D eigenvalue weighted by Crippen LogP contribution is -2.20. The van der Waals surface area contributed by atoms with E-state index in [0.29, 0.717) is 5.92 Å². The quantitative estimate of drug-likeness (QED) is 0.655. The highest BCUT2D eigenvalue weighted by atomic mass is 16.5. The van der Waals surface area contributed by atoms with Crippen LogP contribution in [0, 0.1) is 17.8 Å². The van der Waals surface area contributed by atoms with Crippen LogP contribution in [0.1, 0.15) is 33.6 Å². The van der Waals surface area contributed by atoms with Crippen molar-refractivity contribution in [2.45, 2.75) is 33.6 Å². The van der Waals surface area contributed by atoms with Crippen molar-refractivity contribution in [3.8, 4) is 0 Å². The van der Waals surface area contributed by atoms with Crippen molar-refractivity contribution in [2.75, 3.05) is 14.2 Å². The van der Waals surface area contributed by atoms with Gasteiger partial charge in [0.15, 0.2) is 0 Å². The Hall–Kier alpha value is -1.06. The number of carbonyl (C=O) groups is 2. The standard InChI is InChI=1S/C12H22O4/c1-8(6-9(2)11(13)15-4)7-10(3)12(14)16-5/h8-10H,6-7H2,1-5H3. The SMILES string of the molecule is COC(=O)C(C)CC(C)CC(C)C(=O)OC. The van der Waals surface area contributed by atoms with Crippen molar-refractivity contribution < 1.29 is 19.1 Å². The summed E-state index contributed by atoms with van der Waals surface area (Å²) in [6.45, 7) is 5.70. The molecule has 94 valence electrons. The minimum Gasteiger partial charge on any atom is -0.469 e. The Kier molecular flexibility index (Phi) is 6.77. The van der Waals surface area contributed by atoms with Crippen LogP contribution in [-0.2, 0) is 19.1 Å². The average molecular weight is 230 g/mol. The maximum absolute atomic E-state index is 11.2. The van der Waals surface area contributed by atoms with Gasteiger partial charge in [0.05, 0.1) is 26.1 Å². The van der Waals surface area contributed by atoms with Gasteiger partial charge in [-0.15, -0.1) is 0 Å². The van der Waals surface area contributed by atoms with Crippen LogP contribution >= 0.6 is 0 Å². The minimum absolute atomic E-state index is 0.121. The Morgan fingerprint density at radius 1 is 0.875 bits per heavy atom. The van der Waals surface area contributed by atoms with E-state index < -0.39 is 0 Å². The van der Waals surface area contributed by atoms with Gasteiger partial charge in [-0.2, -0.15) is 0 Å².